The van der Waals surface area contributed by atoms with Gasteiger partial charge in [-0.15, -0.1) is 0 Å². The molecule has 0 aliphatic rings. The summed E-state index contributed by atoms with van der Waals surface area (Å²) in [6.45, 7) is 4.06. The van der Waals surface area contributed by atoms with Crippen LogP contribution in [0.2, 0.25) is 5.28 Å². The lowest BCUT2D eigenvalue weighted by molar-refractivity contribution is 0.602. The minimum absolute atomic E-state index is 0.0554. The lowest BCUT2D eigenvalue weighted by atomic mass is 10.2. The third-order valence-electron chi connectivity index (χ3n) is 2.04. The molecule has 0 amide bonds. The summed E-state index contributed by atoms with van der Waals surface area (Å²) in [5.74, 6) is -0.292. The molecular weight excluding hydrogens is 205 g/mol. The van der Waals surface area contributed by atoms with Crippen LogP contribution in [0.25, 0.3) is 0 Å². The van der Waals surface area contributed by atoms with Crippen LogP contribution in [0.15, 0.2) is 6.20 Å². The second-order valence-electron chi connectivity index (χ2n) is 2.99. The summed E-state index contributed by atoms with van der Waals surface area (Å²) in [5.41, 5.74) is 0. The van der Waals surface area contributed by atoms with E-state index in [0.29, 0.717) is 0 Å². The number of rotatable bonds is 4. The fourth-order valence-corrected chi connectivity index (χ4v) is 1.27. The fraction of sp³-hybridized carbons (Fsp3) is 0.556. The second-order valence-corrected chi connectivity index (χ2v) is 3.33. The molecule has 3 nitrogen and oxygen atoms in total. The van der Waals surface area contributed by atoms with Gasteiger partial charge in [0.25, 0.3) is 0 Å². The molecule has 78 valence electrons. The molecular formula is C9H13ClFN3. The highest BCUT2D eigenvalue weighted by molar-refractivity contribution is 6.28. The first-order valence-electron chi connectivity index (χ1n) is 4.62. The predicted octanol–water partition coefficient (Wildman–Crippen LogP) is 2.87. The van der Waals surface area contributed by atoms with E-state index in [9.17, 15) is 4.39 Å². The highest BCUT2D eigenvalue weighted by Crippen LogP contribution is 2.14. The van der Waals surface area contributed by atoms with Gasteiger partial charge in [-0.25, -0.2) is 9.37 Å². The van der Waals surface area contributed by atoms with E-state index in [4.69, 9.17) is 11.6 Å². The molecule has 14 heavy (non-hydrogen) atoms. The maximum Gasteiger partial charge on any atom is 0.224 e. The molecule has 0 spiro atoms. The fourth-order valence-electron chi connectivity index (χ4n) is 1.13. The molecule has 1 heterocycles. The Balaban J connectivity index is 2.79. The zero-order valence-electron chi connectivity index (χ0n) is 8.22. The van der Waals surface area contributed by atoms with Crippen LogP contribution < -0.4 is 5.32 Å². The molecule has 1 aromatic rings. The van der Waals surface area contributed by atoms with Gasteiger partial charge in [0.1, 0.15) is 0 Å². The van der Waals surface area contributed by atoms with E-state index in [1.807, 2.05) is 13.8 Å². The number of hydrogen-bond donors (Lipinski definition) is 1. The van der Waals surface area contributed by atoms with Gasteiger partial charge < -0.3 is 5.32 Å². The lowest BCUT2D eigenvalue weighted by Crippen LogP contribution is -2.19. The van der Waals surface area contributed by atoms with E-state index in [2.05, 4.69) is 15.3 Å². The van der Waals surface area contributed by atoms with Crippen molar-refractivity contribution in [1.82, 2.24) is 9.97 Å². The minimum atomic E-state index is -0.471. The Hall–Kier alpha value is -0.900. The average molecular weight is 218 g/mol. The van der Waals surface area contributed by atoms with Crippen molar-refractivity contribution in [3.63, 3.8) is 0 Å². The van der Waals surface area contributed by atoms with Crippen LogP contribution in [-0.2, 0) is 0 Å². The molecule has 1 N–H and O–H groups in total. The molecule has 0 saturated carbocycles. The zero-order chi connectivity index (χ0) is 10.6. The summed E-state index contributed by atoms with van der Waals surface area (Å²) in [4.78, 5) is 7.31. The molecule has 0 fully saturated rings. The molecule has 5 heteroatoms. The van der Waals surface area contributed by atoms with Gasteiger partial charge in [-0.2, -0.15) is 4.98 Å². The van der Waals surface area contributed by atoms with Crippen molar-refractivity contribution in [2.24, 2.45) is 0 Å². The van der Waals surface area contributed by atoms with E-state index in [1.54, 1.807) is 0 Å². The van der Waals surface area contributed by atoms with Gasteiger partial charge in [-0.05, 0) is 24.4 Å². The second kappa shape index (κ2) is 5.10. The van der Waals surface area contributed by atoms with E-state index in [0.717, 1.165) is 19.0 Å². The summed E-state index contributed by atoms with van der Waals surface area (Å²) in [5, 5.41) is 3.03. The van der Waals surface area contributed by atoms with Crippen LogP contribution in [0.3, 0.4) is 0 Å². The third-order valence-corrected chi connectivity index (χ3v) is 2.22. The van der Waals surface area contributed by atoms with Gasteiger partial charge in [-0.1, -0.05) is 13.8 Å². The van der Waals surface area contributed by atoms with Crippen LogP contribution in [0.4, 0.5) is 10.2 Å². The molecule has 0 saturated heterocycles. The first kappa shape index (κ1) is 11.2. The molecule has 1 rings (SSSR count). The SMILES string of the molecule is CCC(CC)Nc1nc(Cl)ncc1F. The van der Waals surface area contributed by atoms with E-state index in [-0.39, 0.29) is 17.1 Å². The molecule has 1 aromatic heterocycles. The molecule has 0 aromatic carbocycles. The normalized spacial score (nSPS) is 10.6. The van der Waals surface area contributed by atoms with E-state index < -0.39 is 5.82 Å². The van der Waals surface area contributed by atoms with Crippen molar-refractivity contribution in [2.75, 3.05) is 5.32 Å². The number of hydrogen-bond acceptors (Lipinski definition) is 3. The van der Waals surface area contributed by atoms with Crippen LogP contribution in [0.5, 0.6) is 0 Å². The van der Waals surface area contributed by atoms with Crippen molar-refractivity contribution in [2.45, 2.75) is 32.7 Å². The van der Waals surface area contributed by atoms with Gasteiger partial charge in [0.2, 0.25) is 5.28 Å². The average Bonchev–Trinajstić information content (AvgIpc) is 2.19. The predicted molar refractivity (Wildman–Crippen MR) is 55.0 cm³/mol. The van der Waals surface area contributed by atoms with Crippen LogP contribution >= 0.6 is 11.6 Å². The van der Waals surface area contributed by atoms with Crippen molar-refractivity contribution in [3.05, 3.63) is 17.3 Å². The van der Waals surface area contributed by atoms with Gasteiger partial charge in [-0.3, -0.25) is 0 Å². The summed E-state index contributed by atoms with van der Waals surface area (Å²) >= 11 is 5.56. The highest BCUT2D eigenvalue weighted by atomic mass is 35.5. The third kappa shape index (κ3) is 2.80. The summed E-state index contributed by atoms with van der Waals surface area (Å²) in [6.07, 6.45) is 2.90. The van der Waals surface area contributed by atoms with Crippen molar-refractivity contribution >= 4 is 17.4 Å². The Morgan fingerprint density at radius 1 is 1.50 bits per heavy atom. The van der Waals surface area contributed by atoms with Gasteiger partial charge in [0.15, 0.2) is 11.6 Å². The monoisotopic (exact) mass is 217 g/mol. The molecule has 0 unspecified atom stereocenters. The maximum atomic E-state index is 13.2. The first-order valence-corrected chi connectivity index (χ1v) is 4.99. The maximum absolute atomic E-state index is 13.2. The Morgan fingerprint density at radius 3 is 2.71 bits per heavy atom. The number of anilines is 1. The summed E-state index contributed by atoms with van der Waals surface area (Å²) in [7, 11) is 0. The number of nitrogens with one attached hydrogen (secondary N) is 1. The largest absolute Gasteiger partial charge is 0.365 e. The molecule has 0 aliphatic heterocycles. The highest BCUT2D eigenvalue weighted by Gasteiger charge is 2.09. The quantitative estimate of drug-likeness (QED) is 0.789. The lowest BCUT2D eigenvalue weighted by Gasteiger charge is -2.15. The molecule has 0 radical (unpaired) electrons. The zero-order valence-corrected chi connectivity index (χ0v) is 8.98. The Morgan fingerprint density at radius 2 is 2.14 bits per heavy atom. The van der Waals surface area contributed by atoms with Crippen LogP contribution in [0, 0.1) is 5.82 Å². The van der Waals surface area contributed by atoms with Gasteiger partial charge in [0.05, 0.1) is 6.20 Å². The molecule has 0 aliphatic carbocycles. The summed E-state index contributed by atoms with van der Waals surface area (Å²) in [6, 6.07) is 0.218. The molecule has 0 bridgehead atoms. The minimum Gasteiger partial charge on any atom is -0.365 e. The van der Waals surface area contributed by atoms with Gasteiger partial charge >= 0.3 is 0 Å². The molecule has 0 atom stereocenters. The van der Waals surface area contributed by atoms with E-state index >= 15 is 0 Å². The summed E-state index contributed by atoms with van der Waals surface area (Å²) < 4.78 is 13.2. The van der Waals surface area contributed by atoms with E-state index in [1.165, 1.54) is 0 Å². The standard InChI is InChI=1S/C9H13ClFN3/c1-3-6(4-2)13-8-7(11)5-12-9(10)14-8/h5-6H,3-4H2,1-2H3,(H,12,13,14). The van der Waals surface area contributed by atoms with Crippen molar-refractivity contribution < 1.29 is 4.39 Å². The number of nitrogens with zero attached hydrogens (tertiary/aromatic N) is 2. The van der Waals surface area contributed by atoms with Crippen molar-refractivity contribution in [1.29, 1.82) is 0 Å². The van der Waals surface area contributed by atoms with Crippen molar-refractivity contribution in [3.8, 4) is 0 Å². The van der Waals surface area contributed by atoms with Crippen LogP contribution in [-0.4, -0.2) is 16.0 Å². The van der Waals surface area contributed by atoms with Crippen LogP contribution in [0.1, 0.15) is 26.7 Å². The Labute approximate surface area is 87.7 Å². The topological polar surface area (TPSA) is 37.8 Å². The Kier molecular flexibility index (Phi) is 4.07. The first-order chi connectivity index (χ1) is 6.67. The smallest absolute Gasteiger partial charge is 0.224 e. The Bertz CT molecular complexity index is 302. The number of aromatic nitrogens is 2. The van der Waals surface area contributed by atoms with Gasteiger partial charge in [0, 0.05) is 6.04 Å². The number of halogens is 2.